The Morgan fingerprint density at radius 2 is 2.38 bits per heavy atom. The summed E-state index contributed by atoms with van der Waals surface area (Å²) in [6.45, 7) is 1.35. The minimum Gasteiger partial charge on any atom is -0.379 e. The second-order valence-corrected chi connectivity index (χ2v) is 8.48. The highest BCUT2D eigenvalue weighted by molar-refractivity contribution is 8.14. The molecule has 2 bridgehead atoms. The number of rotatable bonds is 2. The Labute approximate surface area is 150 Å². The van der Waals surface area contributed by atoms with Crippen molar-refractivity contribution in [2.45, 2.75) is 36.1 Å². The smallest absolute Gasteiger partial charge is 0.251 e. The Hall–Kier alpha value is -1.24. The van der Waals surface area contributed by atoms with Gasteiger partial charge in [-0.05, 0) is 37.5 Å². The monoisotopic (exact) mass is 365 g/mol. The first-order valence-electron chi connectivity index (χ1n) is 8.22. The van der Waals surface area contributed by atoms with E-state index >= 15 is 0 Å². The molecule has 4 rings (SSSR count). The summed E-state index contributed by atoms with van der Waals surface area (Å²) in [5.41, 5.74) is 6.43. The lowest BCUT2D eigenvalue weighted by Crippen LogP contribution is -2.60. The Morgan fingerprint density at radius 3 is 3.21 bits per heavy atom. The van der Waals surface area contributed by atoms with Crippen LogP contribution in [-0.2, 0) is 4.74 Å². The van der Waals surface area contributed by atoms with Crippen molar-refractivity contribution in [3.8, 4) is 0 Å². The summed E-state index contributed by atoms with van der Waals surface area (Å²) >= 11 is 7.59. The number of aliphatic imine (C=N–C) groups is 1. The van der Waals surface area contributed by atoms with Crippen molar-refractivity contribution in [3.63, 3.8) is 0 Å². The third-order valence-electron chi connectivity index (χ3n) is 5.26. The fourth-order valence-electron chi connectivity index (χ4n) is 4.12. The van der Waals surface area contributed by atoms with Gasteiger partial charge in [0.25, 0.3) is 5.91 Å². The van der Waals surface area contributed by atoms with E-state index in [1.165, 1.54) is 0 Å². The lowest BCUT2D eigenvalue weighted by Gasteiger charge is -2.52. The number of hydrogen-bond donors (Lipinski definition) is 2. The predicted octanol–water partition coefficient (Wildman–Crippen LogP) is 2.44. The number of amidine groups is 1. The maximum absolute atomic E-state index is 12.5. The highest BCUT2D eigenvalue weighted by atomic mass is 35.5. The Bertz CT molecular complexity index is 698. The molecule has 3 N–H and O–H groups in total. The van der Waals surface area contributed by atoms with E-state index < -0.39 is 0 Å². The standard InChI is InChI=1S/C17H20ClN3O2S/c18-11-3-1-2-10(6-11)15(22)20-12-4-5-17-9-23-8-14(13(17)7-12)24-16(19)21-17/h1-3,6,12-14H,4-5,7-9H2,(H2,19,21)(H,20,22)/t12-,13+,14+,17-/m0/s1. The largest absolute Gasteiger partial charge is 0.379 e. The van der Waals surface area contributed by atoms with Gasteiger partial charge in [0.15, 0.2) is 5.17 Å². The van der Waals surface area contributed by atoms with Crippen molar-refractivity contribution in [2.75, 3.05) is 13.2 Å². The molecule has 5 nitrogen and oxygen atoms in total. The summed E-state index contributed by atoms with van der Waals surface area (Å²) in [4.78, 5) is 17.2. The van der Waals surface area contributed by atoms with Crippen LogP contribution in [0.25, 0.3) is 0 Å². The van der Waals surface area contributed by atoms with Gasteiger partial charge in [0, 0.05) is 27.8 Å². The molecule has 1 aliphatic carbocycles. The van der Waals surface area contributed by atoms with Gasteiger partial charge >= 0.3 is 0 Å². The van der Waals surface area contributed by atoms with Crippen molar-refractivity contribution in [1.82, 2.24) is 5.32 Å². The molecule has 0 aromatic heterocycles. The number of nitrogens with two attached hydrogens (primary N) is 1. The molecule has 1 saturated heterocycles. The summed E-state index contributed by atoms with van der Waals surface area (Å²) in [5, 5.41) is 4.76. The van der Waals surface area contributed by atoms with Crippen LogP contribution in [0.2, 0.25) is 5.02 Å². The molecular formula is C17H20ClN3O2S. The first-order chi connectivity index (χ1) is 11.6. The van der Waals surface area contributed by atoms with Gasteiger partial charge < -0.3 is 15.8 Å². The lowest BCUT2D eigenvalue weighted by molar-refractivity contribution is -0.0211. The number of benzene rings is 1. The molecule has 1 saturated carbocycles. The second kappa shape index (κ2) is 6.24. The van der Waals surface area contributed by atoms with E-state index in [0.717, 1.165) is 19.3 Å². The van der Waals surface area contributed by atoms with E-state index in [4.69, 9.17) is 27.1 Å². The predicted molar refractivity (Wildman–Crippen MR) is 96.6 cm³/mol. The summed E-state index contributed by atoms with van der Waals surface area (Å²) in [7, 11) is 0. The van der Waals surface area contributed by atoms with Gasteiger partial charge in [-0.25, -0.2) is 0 Å². The molecule has 1 amide bonds. The quantitative estimate of drug-likeness (QED) is 0.843. The van der Waals surface area contributed by atoms with Gasteiger partial charge in [-0.1, -0.05) is 29.4 Å². The minimum atomic E-state index is -0.185. The van der Waals surface area contributed by atoms with Gasteiger partial charge in [-0.3, -0.25) is 9.79 Å². The third-order valence-corrected chi connectivity index (χ3v) is 6.60. The highest BCUT2D eigenvalue weighted by Gasteiger charge is 2.53. The maximum Gasteiger partial charge on any atom is 0.251 e. The van der Waals surface area contributed by atoms with Gasteiger partial charge in [0.1, 0.15) is 0 Å². The zero-order chi connectivity index (χ0) is 16.7. The van der Waals surface area contributed by atoms with E-state index in [-0.39, 0.29) is 17.5 Å². The van der Waals surface area contributed by atoms with E-state index in [1.807, 2.05) is 0 Å². The zero-order valence-electron chi connectivity index (χ0n) is 13.2. The number of nitrogens with zero attached hydrogens (tertiary/aromatic N) is 1. The third kappa shape index (κ3) is 2.91. The molecule has 3 aliphatic rings. The molecule has 0 radical (unpaired) electrons. The van der Waals surface area contributed by atoms with Crippen LogP contribution < -0.4 is 11.1 Å². The molecule has 2 heterocycles. The van der Waals surface area contributed by atoms with Crippen LogP contribution in [0.4, 0.5) is 0 Å². The number of nitrogens with one attached hydrogen (secondary N) is 1. The topological polar surface area (TPSA) is 76.7 Å². The number of carbonyl (C=O) groups is 1. The number of hydrogen-bond acceptors (Lipinski definition) is 5. The molecule has 2 fully saturated rings. The van der Waals surface area contributed by atoms with Crippen molar-refractivity contribution in [1.29, 1.82) is 0 Å². The number of ether oxygens (including phenoxy) is 1. The highest BCUT2D eigenvalue weighted by Crippen LogP contribution is 2.48. The average molecular weight is 366 g/mol. The summed E-state index contributed by atoms with van der Waals surface area (Å²) in [6, 6.07) is 7.21. The van der Waals surface area contributed by atoms with Crippen molar-refractivity contribution < 1.29 is 9.53 Å². The molecule has 7 heteroatoms. The summed E-state index contributed by atoms with van der Waals surface area (Å²) in [6.07, 6.45) is 2.71. The number of thioether (sulfide) groups is 1. The fraction of sp³-hybridized carbons (Fsp3) is 0.529. The Morgan fingerprint density at radius 1 is 1.50 bits per heavy atom. The molecule has 0 spiro atoms. The molecular weight excluding hydrogens is 346 g/mol. The molecule has 24 heavy (non-hydrogen) atoms. The van der Waals surface area contributed by atoms with E-state index in [1.54, 1.807) is 36.0 Å². The molecule has 2 aliphatic heterocycles. The lowest BCUT2D eigenvalue weighted by atomic mass is 9.69. The minimum absolute atomic E-state index is 0.0636. The fourth-order valence-corrected chi connectivity index (χ4v) is 5.54. The number of amides is 1. The molecule has 128 valence electrons. The number of halogens is 1. The van der Waals surface area contributed by atoms with Gasteiger partial charge in [0.05, 0.1) is 18.8 Å². The zero-order valence-corrected chi connectivity index (χ0v) is 14.8. The maximum atomic E-state index is 12.5. The van der Waals surface area contributed by atoms with Crippen LogP contribution in [0.15, 0.2) is 29.3 Å². The normalized spacial score (nSPS) is 34.9. The van der Waals surface area contributed by atoms with E-state index in [2.05, 4.69) is 5.32 Å². The van der Waals surface area contributed by atoms with Crippen molar-refractivity contribution in [3.05, 3.63) is 34.9 Å². The molecule has 1 aromatic rings. The van der Waals surface area contributed by atoms with Crippen LogP contribution in [0.5, 0.6) is 0 Å². The van der Waals surface area contributed by atoms with Gasteiger partial charge in [-0.15, -0.1) is 0 Å². The molecule has 0 unspecified atom stereocenters. The van der Waals surface area contributed by atoms with Crippen molar-refractivity contribution in [2.24, 2.45) is 16.6 Å². The van der Waals surface area contributed by atoms with Gasteiger partial charge in [0.2, 0.25) is 0 Å². The van der Waals surface area contributed by atoms with Crippen LogP contribution >= 0.6 is 23.4 Å². The van der Waals surface area contributed by atoms with Gasteiger partial charge in [-0.2, -0.15) is 0 Å². The average Bonchev–Trinajstić information content (AvgIpc) is 2.54. The van der Waals surface area contributed by atoms with Crippen LogP contribution in [0.3, 0.4) is 0 Å². The molecule has 1 aromatic carbocycles. The SMILES string of the molecule is NC1=N[C@]23CC[C@H](NC(=O)c4cccc(Cl)c4)C[C@@H]2[C@@H](COC3)S1. The number of carbonyl (C=O) groups excluding carboxylic acids is 1. The summed E-state index contributed by atoms with van der Waals surface area (Å²) < 4.78 is 5.76. The van der Waals surface area contributed by atoms with E-state index in [0.29, 0.717) is 40.1 Å². The first-order valence-corrected chi connectivity index (χ1v) is 9.48. The van der Waals surface area contributed by atoms with Crippen LogP contribution in [0.1, 0.15) is 29.6 Å². The second-order valence-electron chi connectivity index (χ2n) is 6.79. The Balaban J connectivity index is 1.48. The van der Waals surface area contributed by atoms with Crippen LogP contribution in [0, 0.1) is 5.92 Å². The van der Waals surface area contributed by atoms with E-state index in [9.17, 15) is 4.79 Å². The summed E-state index contributed by atoms with van der Waals surface area (Å²) in [5.74, 6) is 0.341. The van der Waals surface area contributed by atoms with Crippen molar-refractivity contribution >= 4 is 34.4 Å². The molecule has 4 atom stereocenters. The van der Waals surface area contributed by atoms with Crippen LogP contribution in [-0.4, -0.2) is 41.1 Å². The first kappa shape index (κ1) is 16.2. The Kier molecular flexibility index (Phi) is 4.22.